The lowest BCUT2D eigenvalue weighted by atomic mass is 9.84. The molecule has 2 radical (unpaired) electrons. The highest BCUT2D eigenvalue weighted by Crippen LogP contribution is 2.36. The first-order chi connectivity index (χ1) is 18.0. The van der Waals surface area contributed by atoms with Crippen LogP contribution in [0.2, 0.25) is 0 Å². The molecule has 0 fully saturated rings. The van der Waals surface area contributed by atoms with E-state index in [2.05, 4.69) is 15.6 Å². The standard InChI is InChI=1S/C30H26BN3O3/c31-26-18-33-30-25(26)15-21(24-3-1-2-4-28(24)36)16-27(30)32-17-20-7-5-19(6-8-20)9-14-29(37)34-22-10-12-23(35)13-11-22/h1-8,10-13,15-16,18,30,32,35-36H,9,14,17H2,(H,34,37). The van der Waals surface area contributed by atoms with Gasteiger partial charge in [0.2, 0.25) is 5.91 Å². The summed E-state index contributed by atoms with van der Waals surface area (Å²) >= 11 is 0. The second-order valence-corrected chi connectivity index (χ2v) is 9.07. The van der Waals surface area contributed by atoms with Gasteiger partial charge in [0.15, 0.2) is 0 Å². The second-order valence-electron chi connectivity index (χ2n) is 9.07. The molecule has 0 saturated heterocycles. The molecule has 4 N–H and O–H groups in total. The van der Waals surface area contributed by atoms with Crippen LogP contribution < -0.4 is 10.6 Å². The fourth-order valence-electron chi connectivity index (χ4n) is 4.41. The first-order valence-electron chi connectivity index (χ1n) is 12.1. The number of benzene rings is 3. The second kappa shape index (κ2) is 10.6. The minimum atomic E-state index is -0.180. The lowest BCUT2D eigenvalue weighted by Gasteiger charge is -2.24. The quantitative estimate of drug-likeness (QED) is 0.276. The zero-order valence-corrected chi connectivity index (χ0v) is 20.2. The Labute approximate surface area is 217 Å². The number of rotatable bonds is 8. The average Bonchev–Trinajstić information content (AvgIpc) is 3.29. The molecule has 7 heteroatoms. The molecule has 3 aromatic carbocycles. The van der Waals surface area contributed by atoms with Crippen molar-refractivity contribution in [3.63, 3.8) is 0 Å². The summed E-state index contributed by atoms with van der Waals surface area (Å²) in [5.41, 5.74) is 6.92. The number of aromatic hydroxyl groups is 2. The maximum Gasteiger partial charge on any atom is 0.224 e. The number of nitrogens with zero attached hydrogens (tertiary/aromatic N) is 1. The Morgan fingerprint density at radius 2 is 1.65 bits per heavy atom. The third kappa shape index (κ3) is 5.67. The van der Waals surface area contributed by atoms with Crippen LogP contribution in [-0.2, 0) is 17.8 Å². The largest absolute Gasteiger partial charge is 0.508 e. The lowest BCUT2D eigenvalue weighted by Crippen LogP contribution is -2.25. The molecular formula is C30H26BN3O3. The number of phenols is 2. The van der Waals surface area contributed by atoms with Crippen molar-refractivity contribution >= 4 is 31.2 Å². The highest BCUT2D eigenvalue weighted by atomic mass is 16.3. The molecule has 0 spiro atoms. The summed E-state index contributed by atoms with van der Waals surface area (Å²) in [6, 6.07) is 21.6. The van der Waals surface area contributed by atoms with E-state index in [9.17, 15) is 15.0 Å². The maximum atomic E-state index is 12.2. The molecule has 1 aliphatic carbocycles. The zero-order valence-electron chi connectivity index (χ0n) is 20.2. The molecule has 1 atom stereocenters. The number of aliphatic imine (C=N–C) groups is 1. The first kappa shape index (κ1) is 24.2. The van der Waals surface area contributed by atoms with E-state index in [0.29, 0.717) is 30.5 Å². The smallest absolute Gasteiger partial charge is 0.224 e. The van der Waals surface area contributed by atoms with Gasteiger partial charge < -0.3 is 20.8 Å². The van der Waals surface area contributed by atoms with E-state index in [1.165, 1.54) is 0 Å². The Hall–Kier alpha value is -4.52. The molecule has 37 heavy (non-hydrogen) atoms. The molecule has 0 saturated carbocycles. The van der Waals surface area contributed by atoms with Gasteiger partial charge in [-0.05, 0) is 71.2 Å². The summed E-state index contributed by atoms with van der Waals surface area (Å²) in [5.74, 6) is 0.305. The Morgan fingerprint density at radius 3 is 2.41 bits per heavy atom. The molecule has 182 valence electrons. The van der Waals surface area contributed by atoms with E-state index >= 15 is 0 Å². The summed E-state index contributed by atoms with van der Waals surface area (Å²) < 4.78 is 0. The Kier molecular flexibility index (Phi) is 6.94. The van der Waals surface area contributed by atoms with Crippen molar-refractivity contribution in [2.75, 3.05) is 5.32 Å². The number of amides is 1. The summed E-state index contributed by atoms with van der Waals surface area (Å²) in [4.78, 5) is 16.8. The zero-order chi connectivity index (χ0) is 25.8. The van der Waals surface area contributed by atoms with Gasteiger partial charge in [-0.25, -0.2) is 0 Å². The van der Waals surface area contributed by atoms with Crippen molar-refractivity contribution in [3.8, 4) is 11.5 Å². The predicted molar refractivity (Wildman–Crippen MR) is 148 cm³/mol. The van der Waals surface area contributed by atoms with Crippen molar-refractivity contribution in [1.29, 1.82) is 0 Å². The summed E-state index contributed by atoms with van der Waals surface area (Å²) in [6.07, 6.45) is 6.68. The van der Waals surface area contributed by atoms with Gasteiger partial charge in [0.1, 0.15) is 25.4 Å². The van der Waals surface area contributed by atoms with E-state index < -0.39 is 0 Å². The third-order valence-corrected chi connectivity index (χ3v) is 6.43. The molecule has 6 nitrogen and oxygen atoms in total. The van der Waals surface area contributed by atoms with Crippen LogP contribution >= 0.6 is 0 Å². The molecule has 1 unspecified atom stereocenters. The van der Waals surface area contributed by atoms with Crippen LogP contribution in [0.4, 0.5) is 5.69 Å². The molecule has 0 bridgehead atoms. The number of allylic oxidation sites excluding steroid dienone is 3. The van der Waals surface area contributed by atoms with Crippen LogP contribution in [0.3, 0.4) is 0 Å². The fraction of sp³-hybridized carbons (Fsp3) is 0.133. The highest BCUT2D eigenvalue weighted by Gasteiger charge is 2.26. The molecule has 3 aromatic rings. The van der Waals surface area contributed by atoms with Crippen LogP contribution in [0.25, 0.3) is 5.57 Å². The minimum Gasteiger partial charge on any atom is -0.508 e. The monoisotopic (exact) mass is 487 g/mol. The van der Waals surface area contributed by atoms with Crippen LogP contribution in [0.15, 0.2) is 107 Å². The van der Waals surface area contributed by atoms with E-state index in [1.54, 1.807) is 42.6 Å². The van der Waals surface area contributed by atoms with E-state index in [-0.39, 0.29) is 23.4 Å². The van der Waals surface area contributed by atoms with Crippen molar-refractivity contribution in [1.82, 2.24) is 5.32 Å². The molecule has 5 rings (SSSR count). The molecule has 0 aromatic heterocycles. The van der Waals surface area contributed by atoms with Gasteiger partial charge in [-0.2, -0.15) is 0 Å². The molecule has 1 amide bonds. The van der Waals surface area contributed by atoms with Gasteiger partial charge in [-0.15, -0.1) is 0 Å². The fourth-order valence-corrected chi connectivity index (χ4v) is 4.41. The third-order valence-electron chi connectivity index (χ3n) is 6.43. The number of para-hydroxylation sites is 1. The molecule has 1 aliphatic heterocycles. The number of nitrogens with one attached hydrogen (secondary N) is 2. The predicted octanol–water partition coefficient (Wildman–Crippen LogP) is 4.62. The number of carbonyl (C=O) groups is 1. The highest BCUT2D eigenvalue weighted by molar-refractivity contribution is 6.34. The molecule has 2 aliphatic rings. The average molecular weight is 487 g/mol. The summed E-state index contributed by atoms with van der Waals surface area (Å²) in [5, 5.41) is 26.0. The van der Waals surface area contributed by atoms with E-state index in [4.69, 9.17) is 7.85 Å². The summed E-state index contributed by atoms with van der Waals surface area (Å²) in [7, 11) is 6.18. The van der Waals surface area contributed by atoms with Crippen molar-refractivity contribution < 1.29 is 15.0 Å². The number of aryl methyl sites for hydroxylation is 1. The topological polar surface area (TPSA) is 94.0 Å². The number of hydrogen-bond acceptors (Lipinski definition) is 5. The number of hydrogen-bond donors (Lipinski definition) is 4. The van der Waals surface area contributed by atoms with Gasteiger partial charge >= 0.3 is 0 Å². The van der Waals surface area contributed by atoms with Crippen molar-refractivity contribution in [2.24, 2.45) is 4.99 Å². The van der Waals surface area contributed by atoms with Crippen LogP contribution in [0.5, 0.6) is 11.5 Å². The minimum absolute atomic E-state index is 0.0748. The Bertz CT molecular complexity index is 1440. The van der Waals surface area contributed by atoms with Gasteiger partial charge in [0.25, 0.3) is 0 Å². The number of carbonyl (C=O) groups excluding carboxylic acids is 1. The van der Waals surface area contributed by atoms with E-state index in [1.807, 2.05) is 48.6 Å². The number of phenolic OH excluding ortho intramolecular Hbond substituents is 2. The Balaban J connectivity index is 1.20. The Morgan fingerprint density at radius 1 is 0.919 bits per heavy atom. The normalized spacial score (nSPS) is 16.2. The number of fused-ring (bicyclic) bond motifs is 1. The molecule has 1 heterocycles. The molecular weight excluding hydrogens is 461 g/mol. The van der Waals surface area contributed by atoms with Crippen molar-refractivity contribution in [2.45, 2.75) is 25.4 Å². The maximum absolute atomic E-state index is 12.2. The van der Waals surface area contributed by atoms with Gasteiger partial charge in [0, 0.05) is 36.1 Å². The van der Waals surface area contributed by atoms with Gasteiger partial charge in [-0.1, -0.05) is 47.9 Å². The first-order valence-corrected chi connectivity index (χ1v) is 12.1. The SMILES string of the molecule is [B]C1=C2C=C(c3ccccc3O)C=C(NCc3ccc(CCC(=O)Nc4ccc(O)cc4)cc3)C2N=C1. The van der Waals surface area contributed by atoms with Crippen LogP contribution in [-0.4, -0.2) is 36.2 Å². The lowest BCUT2D eigenvalue weighted by molar-refractivity contribution is -0.116. The number of anilines is 1. The van der Waals surface area contributed by atoms with Crippen LogP contribution in [0.1, 0.15) is 23.1 Å². The van der Waals surface area contributed by atoms with E-state index in [0.717, 1.165) is 33.5 Å². The van der Waals surface area contributed by atoms with Crippen LogP contribution in [0, 0.1) is 0 Å². The van der Waals surface area contributed by atoms with Crippen molar-refractivity contribution in [3.05, 3.63) is 118 Å². The van der Waals surface area contributed by atoms with Gasteiger partial charge in [0.05, 0.1) is 0 Å². The van der Waals surface area contributed by atoms with Gasteiger partial charge in [-0.3, -0.25) is 9.79 Å². The summed E-state index contributed by atoms with van der Waals surface area (Å²) in [6.45, 7) is 0.598.